The first kappa shape index (κ1) is 14.9. The molecule has 1 aliphatic heterocycles. The number of ether oxygens (including phenoxy) is 1. The lowest BCUT2D eigenvalue weighted by Crippen LogP contribution is -2.35. The average Bonchev–Trinajstić information content (AvgIpc) is 3.05. The molecule has 1 aliphatic rings. The van der Waals surface area contributed by atoms with Gasteiger partial charge in [0.1, 0.15) is 0 Å². The fourth-order valence-corrected chi connectivity index (χ4v) is 2.45. The van der Waals surface area contributed by atoms with Gasteiger partial charge in [0, 0.05) is 30.8 Å². The van der Waals surface area contributed by atoms with E-state index in [9.17, 15) is 0 Å². The molecule has 0 radical (unpaired) electrons. The predicted octanol–water partition coefficient (Wildman–Crippen LogP) is 2.99. The Bertz CT molecular complexity index is 657. The topological polar surface area (TPSA) is 51.4 Å². The van der Waals surface area contributed by atoms with Gasteiger partial charge in [0.15, 0.2) is 0 Å². The molecule has 5 nitrogen and oxygen atoms in total. The molecule has 5 heteroatoms. The summed E-state index contributed by atoms with van der Waals surface area (Å²) in [6, 6.07) is 8.33. The van der Waals surface area contributed by atoms with Crippen LogP contribution in [0.3, 0.4) is 0 Å². The second-order valence-electron chi connectivity index (χ2n) is 5.48. The Labute approximate surface area is 130 Å². The van der Waals surface area contributed by atoms with Crippen molar-refractivity contribution in [3.05, 3.63) is 41.8 Å². The van der Waals surface area contributed by atoms with Crippen LogP contribution in [0.2, 0.25) is 0 Å². The minimum Gasteiger partial charge on any atom is -0.379 e. The number of allylic oxidation sites excluding steroid dienone is 2. The molecular weight excluding hydrogens is 278 g/mol. The maximum atomic E-state index is 5.39. The summed E-state index contributed by atoms with van der Waals surface area (Å²) in [6.45, 7) is 8.45. The Morgan fingerprint density at radius 2 is 2.14 bits per heavy atom. The molecular formula is C17H21N3O2. The van der Waals surface area contributed by atoms with Crippen LogP contribution >= 0.6 is 0 Å². The first-order valence-electron chi connectivity index (χ1n) is 7.62. The fourth-order valence-electron chi connectivity index (χ4n) is 2.45. The van der Waals surface area contributed by atoms with Gasteiger partial charge in [-0.3, -0.25) is 4.90 Å². The lowest BCUT2D eigenvalue weighted by molar-refractivity contribution is 0.0342. The van der Waals surface area contributed by atoms with E-state index in [0.717, 1.165) is 44.0 Å². The molecule has 0 amide bonds. The van der Waals surface area contributed by atoms with Gasteiger partial charge in [-0.2, -0.15) is 4.98 Å². The van der Waals surface area contributed by atoms with Crippen LogP contribution in [0.25, 0.3) is 17.0 Å². The van der Waals surface area contributed by atoms with E-state index in [1.54, 1.807) is 0 Å². The number of hydrogen-bond donors (Lipinski definition) is 0. The van der Waals surface area contributed by atoms with Gasteiger partial charge in [-0.05, 0) is 25.5 Å². The summed E-state index contributed by atoms with van der Waals surface area (Å²) >= 11 is 0. The second kappa shape index (κ2) is 6.85. The molecule has 0 N–H and O–H groups in total. The molecule has 1 fully saturated rings. The summed E-state index contributed by atoms with van der Waals surface area (Å²) in [4.78, 5) is 6.86. The molecule has 0 spiro atoms. The van der Waals surface area contributed by atoms with Crippen LogP contribution in [0, 0.1) is 0 Å². The van der Waals surface area contributed by atoms with Gasteiger partial charge in [-0.1, -0.05) is 29.4 Å². The van der Waals surface area contributed by atoms with E-state index in [1.165, 1.54) is 5.56 Å². The Balaban J connectivity index is 1.77. The summed E-state index contributed by atoms with van der Waals surface area (Å²) in [5.74, 6) is 1.22. The van der Waals surface area contributed by atoms with Crippen molar-refractivity contribution < 1.29 is 9.26 Å². The van der Waals surface area contributed by atoms with E-state index >= 15 is 0 Å². The highest BCUT2D eigenvalue weighted by Gasteiger charge is 2.13. The molecule has 0 aliphatic carbocycles. The standard InChI is InChI=1S/C17H21N3O2/c1-3-13(2)17-18-16(19-22-17)15-6-4-5-14(11-15)12-20-7-9-21-10-8-20/h3-6,11H,7-10,12H2,1-2H3. The lowest BCUT2D eigenvalue weighted by atomic mass is 10.1. The third-order valence-electron chi connectivity index (χ3n) is 3.89. The molecule has 116 valence electrons. The van der Waals surface area contributed by atoms with E-state index in [4.69, 9.17) is 9.26 Å². The largest absolute Gasteiger partial charge is 0.379 e. The molecule has 3 rings (SSSR count). The molecule has 2 heterocycles. The zero-order valence-corrected chi connectivity index (χ0v) is 13.1. The van der Waals surface area contributed by atoms with E-state index in [2.05, 4.69) is 27.2 Å². The first-order valence-corrected chi connectivity index (χ1v) is 7.62. The van der Waals surface area contributed by atoms with E-state index < -0.39 is 0 Å². The minimum atomic E-state index is 0.580. The summed E-state index contributed by atoms with van der Waals surface area (Å²) in [7, 11) is 0. The zero-order chi connectivity index (χ0) is 15.4. The highest BCUT2D eigenvalue weighted by atomic mass is 16.5. The van der Waals surface area contributed by atoms with E-state index in [1.807, 2.05) is 32.1 Å². The van der Waals surface area contributed by atoms with Crippen molar-refractivity contribution in [2.24, 2.45) is 0 Å². The third kappa shape index (κ3) is 3.43. The molecule has 0 bridgehead atoms. The molecule has 1 saturated heterocycles. The van der Waals surface area contributed by atoms with Crippen LogP contribution < -0.4 is 0 Å². The quantitative estimate of drug-likeness (QED) is 0.868. The Morgan fingerprint density at radius 3 is 2.91 bits per heavy atom. The second-order valence-corrected chi connectivity index (χ2v) is 5.48. The molecule has 1 aromatic carbocycles. The van der Waals surface area contributed by atoms with Crippen LogP contribution in [0.5, 0.6) is 0 Å². The number of hydrogen-bond acceptors (Lipinski definition) is 5. The third-order valence-corrected chi connectivity index (χ3v) is 3.89. The maximum Gasteiger partial charge on any atom is 0.253 e. The number of rotatable bonds is 4. The normalized spacial score (nSPS) is 16.9. The van der Waals surface area contributed by atoms with Gasteiger partial charge >= 0.3 is 0 Å². The smallest absolute Gasteiger partial charge is 0.253 e. The number of morpholine rings is 1. The first-order chi connectivity index (χ1) is 10.8. The fraction of sp³-hybridized carbons (Fsp3) is 0.412. The van der Waals surface area contributed by atoms with Gasteiger partial charge in [0.2, 0.25) is 5.82 Å². The van der Waals surface area contributed by atoms with Crippen LogP contribution in [-0.4, -0.2) is 41.3 Å². The Hall–Kier alpha value is -1.98. The molecule has 2 aromatic rings. The van der Waals surface area contributed by atoms with Crippen molar-refractivity contribution >= 4 is 5.57 Å². The van der Waals surface area contributed by atoms with Crippen LogP contribution in [-0.2, 0) is 11.3 Å². The molecule has 22 heavy (non-hydrogen) atoms. The van der Waals surface area contributed by atoms with Crippen molar-refractivity contribution in [2.45, 2.75) is 20.4 Å². The summed E-state index contributed by atoms with van der Waals surface area (Å²) in [6.07, 6.45) is 1.96. The zero-order valence-electron chi connectivity index (χ0n) is 13.1. The van der Waals surface area contributed by atoms with E-state index in [-0.39, 0.29) is 0 Å². The Morgan fingerprint density at radius 1 is 1.32 bits per heavy atom. The SMILES string of the molecule is CC=C(C)c1nc(-c2cccc(CN3CCOCC3)c2)no1. The number of nitrogens with zero attached hydrogens (tertiary/aromatic N) is 3. The van der Waals surface area contributed by atoms with Crippen molar-refractivity contribution in [3.63, 3.8) is 0 Å². The lowest BCUT2D eigenvalue weighted by Gasteiger charge is -2.26. The van der Waals surface area contributed by atoms with Crippen molar-refractivity contribution in [1.29, 1.82) is 0 Å². The van der Waals surface area contributed by atoms with Crippen LogP contribution in [0.15, 0.2) is 34.9 Å². The summed E-state index contributed by atoms with van der Waals surface area (Å²) in [5.41, 5.74) is 3.24. The van der Waals surface area contributed by atoms with Crippen molar-refractivity contribution in [1.82, 2.24) is 15.0 Å². The van der Waals surface area contributed by atoms with Gasteiger partial charge in [-0.25, -0.2) is 0 Å². The molecule has 0 saturated carbocycles. The van der Waals surface area contributed by atoms with E-state index in [0.29, 0.717) is 11.7 Å². The monoisotopic (exact) mass is 299 g/mol. The molecule has 1 aromatic heterocycles. The Kier molecular flexibility index (Phi) is 4.65. The highest BCUT2D eigenvalue weighted by molar-refractivity contribution is 5.60. The van der Waals surface area contributed by atoms with Crippen molar-refractivity contribution in [2.75, 3.05) is 26.3 Å². The molecule has 0 unspecified atom stereocenters. The van der Waals surface area contributed by atoms with Gasteiger partial charge < -0.3 is 9.26 Å². The average molecular weight is 299 g/mol. The van der Waals surface area contributed by atoms with Crippen molar-refractivity contribution in [3.8, 4) is 11.4 Å². The predicted molar refractivity (Wildman–Crippen MR) is 85.2 cm³/mol. The maximum absolute atomic E-state index is 5.39. The van der Waals surface area contributed by atoms with Gasteiger partial charge in [0.25, 0.3) is 5.89 Å². The van der Waals surface area contributed by atoms with Gasteiger partial charge in [-0.15, -0.1) is 0 Å². The highest BCUT2D eigenvalue weighted by Crippen LogP contribution is 2.21. The van der Waals surface area contributed by atoms with Crippen LogP contribution in [0.1, 0.15) is 25.3 Å². The number of aromatic nitrogens is 2. The summed E-state index contributed by atoms with van der Waals surface area (Å²) in [5, 5.41) is 4.08. The van der Waals surface area contributed by atoms with Crippen LogP contribution in [0.4, 0.5) is 0 Å². The minimum absolute atomic E-state index is 0.580. The summed E-state index contributed by atoms with van der Waals surface area (Å²) < 4.78 is 10.7. The molecule has 0 atom stereocenters. The van der Waals surface area contributed by atoms with Gasteiger partial charge in [0.05, 0.1) is 13.2 Å². The number of benzene rings is 1.